The maximum absolute atomic E-state index is 14.1. The summed E-state index contributed by atoms with van der Waals surface area (Å²) in [5.41, 5.74) is 0. The van der Waals surface area contributed by atoms with Gasteiger partial charge in [-0.05, 0) is 38.5 Å². The second kappa shape index (κ2) is 49.6. The van der Waals surface area contributed by atoms with Gasteiger partial charge in [0.25, 0.3) is 0 Å². The zero-order chi connectivity index (χ0) is 42.1. The van der Waals surface area contributed by atoms with Crippen LogP contribution in [0.15, 0.2) is 0 Å². The molecule has 0 aliphatic heterocycles. The Balaban J connectivity index is 4.20. The van der Waals surface area contributed by atoms with Crippen molar-refractivity contribution in [1.29, 1.82) is 0 Å². The van der Waals surface area contributed by atoms with Gasteiger partial charge in [0.15, 0.2) is 0 Å². The lowest BCUT2D eigenvalue weighted by Crippen LogP contribution is -2.47. The van der Waals surface area contributed by atoms with Crippen molar-refractivity contribution in [3.63, 3.8) is 0 Å². The van der Waals surface area contributed by atoms with E-state index in [1.807, 2.05) is 0 Å². The minimum absolute atomic E-state index is 0.0378. The van der Waals surface area contributed by atoms with Gasteiger partial charge in [-0.3, -0.25) is 0 Å². The third kappa shape index (κ3) is 45.4. The molecule has 1 atom stereocenters. The first-order valence-electron chi connectivity index (χ1n) is 28.1. The first kappa shape index (κ1) is 57.9. The molecule has 0 aliphatic carbocycles. The van der Waals surface area contributed by atoms with E-state index in [9.17, 15) is 5.21 Å². The molecule has 0 aliphatic rings. The van der Waals surface area contributed by atoms with Crippen LogP contribution in [0.5, 0.6) is 0 Å². The number of hydrogen-bond donors (Lipinski definition) is 0. The molecule has 1 unspecified atom stereocenters. The average Bonchev–Trinajstić information content (AvgIpc) is 3.22. The third-order valence-electron chi connectivity index (χ3n) is 14.0. The molecule has 0 aromatic carbocycles. The van der Waals surface area contributed by atoms with Crippen LogP contribution in [0.3, 0.4) is 0 Å². The highest BCUT2D eigenvalue weighted by atomic mass is 16.5. The summed E-state index contributed by atoms with van der Waals surface area (Å²) in [6, 6.07) is 0.328. The summed E-state index contributed by atoms with van der Waals surface area (Å²) in [7, 11) is 2.05. The maximum atomic E-state index is 14.1. The average molecular weight is 819 g/mol. The number of hydrogen-bond acceptors (Lipinski definition) is 1. The summed E-state index contributed by atoms with van der Waals surface area (Å²) in [5.74, 6) is 0. The molecule has 350 valence electrons. The normalized spacial score (nSPS) is 12.9. The smallest absolute Gasteiger partial charge is 0.0885 e. The van der Waals surface area contributed by atoms with E-state index in [0.717, 1.165) is 25.8 Å². The van der Waals surface area contributed by atoms with Crippen LogP contribution in [0, 0.1) is 5.21 Å². The Labute approximate surface area is 370 Å². The van der Waals surface area contributed by atoms with Crippen molar-refractivity contribution in [2.75, 3.05) is 13.6 Å². The predicted octanol–water partition coefficient (Wildman–Crippen LogP) is 20.9. The Bertz CT molecular complexity index is 683. The van der Waals surface area contributed by atoms with Gasteiger partial charge in [0.2, 0.25) is 0 Å². The molecule has 0 saturated carbocycles. The molecule has 2 nitrogen and oxygen atoms in total. The van der Waals surface area contributed by atoms with E-state index < -0.39 is 0 Å². The molecule has 0 aromatic rings. The minimum Gasteiger partial charge on any atom is -0.633 e. The summed E-state index contributed by atoms with van der Waals surface area (Å²) < 4.78 is 0.0378. The molecule has 0 fully saturated rings. The molecule has 0 aromatic heterocycles. The van der Waals surface area contributed by atoms with Gasteiger partial charge >= 0.3 is 0 Å². The van der Waals surface area contributed by atoms with Gasteiger partial charge in [-0.15, -0.1) is 0 Å². The van der Waals surface area contributed by atoms with E-state index in [1.54, 1.807) is 0 Å². The fourth-order valence-electron chi connectivity index (χ4n) is 9.70. The number of unbranched alkanes of at least 4 members (excludes halogenated alkanes) is 45. The van der Waals surface area contributed by atoms with Crippen LogP contribution in [-0.4, -0.2) is 24.3 Å². The SMILES string of the molecule is CCCCCCCCCCCCCCCCCCC(CCCCCCCCCCCCCCCCCC)[N+](C)([O-])CCCCCCCCCCCCCCCCCC. The van der Waals surface area contributed by atoms with E-state index in [1.165, 1.54) is 302 Å². The van der Waals surface area contributed by atoms with Crippen LogP contribution in [-0.2, 0) is 0 Å². The number of rotatable bonds is 52. The van der Waals surface area contributed by atoms with E-state index in [4.69, 9.17) is 0 Å². The minimum atomic E-state index is 0.0378. The van der Waals surface area contributed by atoms with Crippen molar-refractivity contribution in [1.82, 2.24) is 0 Å². The summed E-state index contributed by atoms with van der Waals surface area (Å²) in [5, 5.41) is 14.1. The highest BCUT2D eigenvalue weighted by molar-refractivity contribution is 4.64. The summed E-state index contributed by atoms with van der Waals surface area (Å²) >= 11 is 0. The fraction of sp³-hybridized carbons (Fsp3) is 1.00. The van der Waals surface area contributed by atoms with Crippen molar-refractivity contribution in [3.8, 4) is 0 Å². The van der Waals surface area contributed by atoms with E-state index in [0.29, 0.717) is 6.04 Å². The van der Waals surface area contributed by atoms with Crippen LogP contribution in [0.1, 0.15) is 342 Å². The monoisotopic (exact) mass is 818 g/mol. The van der Waals surface area contributed by atoms with Crippen LogP contribution in [0.2, 0.25) is 0 Å². The lowest BCUT2D eigenvalue weighted by atomic mass is 9.97. The van der Waals surface area contributed by atoms with E-state index in [-0.39, 0.29) is 4.65 Å². The molecular weight excluding hydrogens is 703 g/mol. The Morgan fingerprint density at radius 1 is 0.241 bits per heavy atom. The van der Waals surface area contributed by atoms with Crippen LogP contribution >= 0.6 is 0 Å². The molecular formula is C56H115NO. The van der Waals surface area contributed by atoms with Crippen LogP contribution < -0.4 is 0 Å². The lowest BCUT2D eigenvalue weighted by molar-refractivity contribution is -0.887. The molecule has 2 heteroatoms. The van der Waals surface area contributed by atoms with Gasteiger partial charge in [0.1, 0.15) is 0 Å². The predicted molar refractivity (Wildman–Crippen MR) is 266 cm³/mol. The molecule has 0 heterocycles. The molecule has 0 amide bonds. The zero-order valence-electron chi connectivity index (χ0n) is 41.5. The fourth-order valence-corrected chi connectivity index (χ4v) is 9.70. The van der Waals surface area contributed by atoms with Gasteiger partial charge in [-0.25, -0.2) is 0 Å². The van der Waals surface area contributed by atoms with Crippen LogP contribution in [0.25, 0.3) is 0 Å². The quantitative estimate of drug-likeness (QED) is 0.0341. The summed E-state index contributed by atoms with van der Waals surface area (Å²) in [4.78, 5) is 0. The molecule has 58 heavy (non-hydrogen) atoms. The highest BCUT2D eigenvalue weighted by Gasteiger charge is 2.23. The number of hydroxylamine groups is 3. The largest absolute Gasteiger partial charge is 0.633 e. The number of quaternary nitrogens is 1. The highest BCUT2D eigenvalue weighted by Crippen LogP contribution is 2.25. The van der Waals surface area contributed by atoms with Gasteiger partial charge in [0.05, 0.1) is 19.6 Å². The first-order chi connectivity index (χ1) is 28.6. The van der Waals surface area contributed by atoms with E-state index in [2.05, 4.69) is 27.8 Å². The van der Waals surface area contributed by atoms with Gasteiger partial charge in [-0.2, -0.15) is 0 Å². The molecule has 0 spiro atoms. The van der Waals surface area contributed by atoms with Crippen molar-refractivity contribution < 1.29 is 4.65 Å². The Morgan fingerprint density at radius 2 is 0.397 bits per heavy atom. The molecule has 0 rings (SSSR count). The summed E-state index contributed by atoms with van der Waals surface area (Å²) in [6.07, 6.45) is 70.1. The Kier molecular flexibility index (Phi) is 49.5. The number of nitrogens with zero attached hydrogens (tertiary/aromatic N) is 1. The second-order valence-electron chi connectivity index (χ2n) is 20.0. The topological polar surface area (TPSA) is 23.1 Å². The Hall–Kier alpha value is -0.0800. The maximum Gasteiger partial charge on any atom is 0.0885 e. The van der Waals surface area contributed by atoms with Gasteiger partial charge < -0.3 is 9.85 Å². The summed E-state index contributed by atoms with van der Waals surface area (Å²) in [6.45, 7) is 7.78. The zero-order valence-corrected chi connectivity index (χ0v) is 41.5. The lowest BCUT2D eigenvalue weighted by Gasteiger charge is -2.46. The third-order valence-corrected chi connectivity index (χ3v) is 14.0. The molecule has 0 N–H and O–H groups in total. The first-order valence-corrected chi connectivity index (χ1v) is 28.1. The molecule has 0 saturated heterocycles. The van der Waals surface area contributed by atoms with Gasteiger partial charge in [0, 0.05) is 0 Å². The van der Waals surface area contributed by atoms with Crippen molar-refractivity contribution >= 4 is 0 Å². The van der Waals surface area contributed by atoms with Crippen molar-refractivity contribution in [2.45, 2.75) is 348 Å². The molecule has 0 bridgehead atoms. The standard InChI is InChI=1S/C56H115NO/c1-5-8-11-14-17-20-23-26-29-32-35-38-41-44-47-50-53-56(54-51-48-45-42-39-36-33-30-27-24-21-18-15-12-9-6-2)57(4,58)55-52-49-46-43-40-37-34-31-28-25-22-19-16-13-10-7-3/h56H,5-55H2,1-4H3. The second-order valence-corrected chi connectivity index (χ2v) is 20.0. The van der Waals surface area contributed by atoms with Crippen LogP contribution in [0.4, 0.5) is 0 Å². The van der Waals surface area contributed by atoms with Gasteiger partial charge in [-0.1, -0.05) is 303 Å². The van der Waals surface area contributed by atoms with Crippen molar-refractivity contribution in [3.05, 3.63) is 5.21 Å². The van der Waals surface area contributed by atoms with E-state index >= 15 is 0 Å². The molecule has 0 radical (unpaired) electrons. The van der Waals surface area contributed by atoms with Crippen molar-refractivity contribution in [2.24, 2.45) is 0 Å². The Morgan fingerprint density at radius 3 is 0.586 bits per heavy atom.